The molecule has 0 aliphatic heterocycles. The number of halogens is 1. The van der Waals surface area contributed by atoms with Gasteiger partial charge in [0.1, 0.15) is 0 Å². The van der Waals surface area contributed by atoms with E-state index in [4.69, 9.17) is 4.79 Å². The van der Waals surface area contributed by atoms with E-state index in [1.54, 1.807) is 0 Å². The summed E-state index contributed by atoms with van der Waals surface area (Å²) in [6, 6.07) is 0. The molecule has 0 rings (SSSR count). The summed E-state index contributed by atoms with van der Waals surface area (Å²) < 4.78 is 2.40. The van der Waals surface area contributed by atoms with Crippen LogP contribution in [0.3, 0.4) is 0 Å². The number of hydrogen-bond acceptors (Lipinski definition) is 2. The normalized spacial score (nSPS) is 3.40. The molecule has 0 spiro atoms. The van der Waals surface area contributed by atoms with E-state index >= 15 is 0 Å². The van der Waals surface area contributed by atoms with E-state index in [9.17, 15) is 0 Å². The van der Waals surface area contributed by atoms with Crippen molar-refractivity contribution in [2.24, 2.45) is 4.51 Å². The average molecular weight is 101 g/mol. The minimum absolute atomic E-state index is 0. The zero-order valence-corrected chi connectivity index (χ0v) is 5.49. The molecule has 0 aliphatic carbocycles. The van der Waals surface area contributed by atoms with Gasteiger partial charge in [0.2, 0.25) is 0 Å². The van der Waals surface area contributed by atoms with E-state index in [0.29, 0.717) is 0 Å². The van der Waals surface area contributed by atoms with Crippen LogP contribution in [-0.4, -0.2) is 6.08 Å². The molecule has 0 aromatic rings. The van der Waals surface area contributed by atoms with Crippen LogP contribution in [0.5, 0.6) is 0 Å². The molecule has 0 bridgehead atoms. The fourth-order valence-electron chi connectivity index (χ4n) is 0. The Balaban J connectivity index is -0.0000000450. The summed E-state index contributed by atoms with van der Waals surface area (Å²) in [5.74, 6) is 0. The van der Waals surface area contributed by atoms with Crippen LogP contribution in [0, 0.1) is 0 Å². The van der Waals surface area contributed by atoms with Crippen LogP contribution in [-0.2, 0) is 4.79 Å². The molecule has 0 heterocycles. The first-order valence-corrected chi connectivity index (χ1v) is 0.935. The summed E-state index contributed by atoms with van der Waals surface area (Å²) in [5.41, 5.74) is 0. The maximum Gasteiger partial charge on any atom is 1.00 e. The minimum atomic E-state index is 0. The monoisotopic (exact) mass is 101 g/mol. The molecule has 0 N–H and O–H groups in total. The maximum atomic E-state index is 8.75. The third-order valence-corrected chi connectivity index (χ3v) is 0.104. The predicted octanol–water partition coefficient (Wildman–Crippen LogP) is -2.41. The molecule has 0 saturated heterocycles. The molecule has 4 heteroatoms. The van der Waals surface area contributed by atoms with Crippen molar-refractivity contribution in [2.45, 2.75) is 0 Å². The molecule has 0 unspecified atom stereocenters. The van der Waals surface area contributed by atoms with Gasteiger partial charge in [0, 0.05) is 11.8 Å². The number of hydrogen-bond donors (Lipinski definition) is 0. The SMILES string of the molecule is O=C=NCl.[H-].[Na+]. The number of nitrogens with zero attached hydrogens (tertiary/aromatic N) is 1. The van der Waals surface area contributed by atoms with Gasteiger partial charge in [-0.1, -0.05) is 4.51 Å². The first-order valence-electron chi connectivity index (χ1n) is 0.597. The molecule has 5 heavy (non-hydrogen) atoms. The molecule has 0 saturated carbocycles. The van der Waals surface area contributed by atoms with Crippen LogP contribution in [0.25, 0.3) is 0 Å². The van der Waals surface area contributed by atoms with E-state index in [-0.39, 0.29) is 31.0 Å². The molecule has 0 fully saturated rings. The zero-order valence-electron chi connectivity index (χ0n) is 3.73. The Morgan fingerprint density at radius 1 is 2.00 bits per heavy atom. The quantitative estimate of drug-likeness (QED) is 0.190. The first-order chi connectivity index (χ1) is 1.91. The average Bonchev–Trinajstić information content (AvgIpc) is 1.37. The van der Waals surface area contributed by atoms with Gasteiger partial charge in [0.25, 0.3) is 6.08 Å². The van der Waals surface area contributed by atoms with Gasteiger partial charge < -0.3 is 1.43 Å². The fraction of sp³-hybridized carbons (Fsp3) is 0. The van der Waals surface area contributed by atoms with Crippen LogP contribution >= 0.6 is 11.8 Å². The smallest absolute Gasteiger partial charge is 1.00 e. The molecule has 0 amide bonds. The van der Waals surface area contributed by atoms with Crippen molar-refractivity contribution in [3.05, 3.63) is 0 Å². The van der Waals surface area contributed by atoms with Crippen molar-refractivity contribution < 1.29 is 35.8 Å². The van der Waals surface area contributed by atoms with Crippen molar-refractivity contribution in [3.8, 4) is 0 Å². The van der Waals surface area contributed by atoms with Crippen LogP contribution in [0.1, 0.15) is 1.43 Å². The molecular formula is CHClNNaO. The summed E-state index contributed by atoms with van der Waals surface area (Å²) in [6.07, 6.45) is 1.07. The van der Waals surface area contributed by atoms with E-state index in [1.165, 1.54) is 0 Å². The van der Waals surface area contributed by atoms with Gasteiger partial charge in [-0.3, -0.25) is 0 Å². The van der Waals surface area contributed by atoms with E-state index in [2.05, 4.69) is 16.3 Å². The zero-order chi connectivity index (χ0) is 3.41. The van der Waals surface area contributed by atoms with Gasteiger partial charge in [-0.15, -0.1) is 0 Å². The summed E-state index contributed by atoms with van der Waals surface area (Å²) in [4.78, 5) is 8.75. The second-order valence-corrected chi connectivity index (χ2v) is 0.345. The standard InChI is InChI=1S/CClNO.Na.H/c2-3-1-4;;/q;+1;-1. The van der Waals surface area contributed by atoms with Gasteiger partial charge in [-0.2, -0.15) is 0 Å². The molecule has 0 aromatic heterocycles. The van der Waals surface area contributed by atoms with Gasteiger partial charge in [-0.25, -0.2) is 4.79 Å². The third-order valence-electron chi connectivity index (χ3n) is 0.0345. The second kappa shape index (κ2) is 8.82. The van der Waals surface area contributed by atoms with Crippen LogP contribution in [0.4, 0.5) is 0 Å². The van der Waals surface area contributed by atoms with Crippen molar-refractivity contribution in [3.63, 3.8) is 0 Å². The third kappa shape index (κ3) is 11.9. The Labute approximate surface area is 58.1 Å². The summed E-state index contributed by atoms with van der Waals surface area (Å²) >= 11 is 4.39. The second-order valence-electron chi connectivity index (χ2n) is 0.176. The summed E-state index contributed by atoms with van der Waals surface area (Å²) in [5, 5.41) is 0. The Morgan fingerprint density at radius 3 is 2.20 bits per heavy atom. The van der Waals surface area contributed by atoms with E-state index in [1.807, 2.05) is 0 Å². The van der Waals surface area contributed by atoms with Crippen molar-refractivity contribution in [1.82, 2.24) is 0 Å². The molecule has 0 radical (unpaired) electrons. The van der Waals surface area contributed by atoms with E-state index < -0.39 is 0 Å². The summed E-state index contributed by atoms with van der Waals surface area (Å²) in [6.45, 7) is 0. The fourth-order valence-corrected chi connectivity index (χ4v) is 0. The van der Waals surface area contributed by atoms with Crippen molar-refractivity contribution >= 4 is 17.9 Å². The molecule has 0 aromatic carbocycles. The molecule has 0 atom stereocenters. The van der Waals surface area contributed by atoms with Gasteiger partial charge >= 0.3 is 29.6 Å². The largest absolute Gasteiger partial charge is 1.00 e. The van der Waals surface area contributed by atoms with Gasteiger partial charge in [0.15, 0.2) is 0 Å². The predicted molar refractivity (Wildman–Crippen MR) is 15.1 cm³/mol. The van der Waals surface area contributed by atoms with Crippen LogP contribution < -0.4 is 29.6 Å². The Bertz CT molecular complexity index is 53.5. The maximum absolute atomic E-state index is 8.75. The number of carbonyl (C=O) groups excluding carboxylic acids is 1. The molecule has 0 aliphatic rings. The molecule has 2 nitrogen and oxygen atoms in total. The van der Waals surface area contributed by atoms with Gasteiger partial charge in [-0.05, 0) is 0 Å². The topological polar surface area (TPSA) is 29.4 Å². The first kappa shape index (κ1) is 9.18. The Kier molecular flexibility index (Phi) is 16.2. The number of isocyanates is 1. The minimum Gasteiger partial charge on any atom is -1.00 e. The summed E-state index contributed by atoms with van der Waals surface area (Å²) in [7, 11) is 0. The van der Waals surface area contributed by atoms with E-state index in [0.717, 1.165) is 6.08 Å². The molecule has 24 valence electrons. The molecular weight excluding hydrogens is 100 g/mol. The van der Waals surface area contributed by atoms with Gasteiger partial charge in [0.05, 0.1) is 0 Å². The Hall–Kier alpha value is 0.670. The Morgan fingerprint density at radius 2 is 2.20 bits per heavy atom. The van der Waals surface area contributed by atoms with Crippen LogP contribution in [0.2, 0.25) is 0 Å². The van der Waals surface area contributed by atoms with Crippen molar-refractivity contribution in [2.75, 3.05) is 0 Å². The van der Waals surface area contributed by atoms with Crippen LogP contribution in [0.15, 0.2) is 4.51 Å². The van der Waals surface area contributed by atoms with Crippen molar-refractivity contribution in [1.29, 1.82) is 0 Å². The number of rotatable bonds is 0.